The molecule has 1 aromatic rings. The molecule has 0 amide bonds. The molecule has 0 aromatic heterocycles. The summed E-state index contributed by atoms with van der Waals surface area (Å²) in [6.45, 7) is 0. The quantitative estimate of drug-likeness (QED) is 0.743. The molecule has 2 rings (SSSR count). The molecule has 0 saturated carbocycles. The van der Waals surface area contributed by atoms with Crippen LogP contribution < -0.4 is 4.90 Å². The van der Waals surface area contributed by atoms with Crippen LogP contribution in [0.2, 0.25) is 0 Å². The van der Waals surface area contributed by atoms with Crippen LogP contribution in [0.5, 0.6) is 0 Å². The van der Waals surface area contributed by atoms with Gasteiger partial charge in [0, 0.05) is 5.69 Å². The summed E-state index contributed by atoms with van der Waals surface area (Å²) in [5.74, 6) is 4.90. The fraction of sp³-hybridized carbons (Fsp3) is 0.538. The van der Waals surface area contributed by atoms with Gasteiger partial charge >= 0.3 is 0 Å². The predicted molar refractivity (Wildman–Crippen MR) is 77.4 cm³/mol. The number of hydrogen-bond donors (Lipinski definition) is 0. The van der Waals surface area contributed by atoms with Crippen LogP contribution in [0, 0.1) is 0 Å². The van der Waals surface area contributed by atoms with Gasteiger partial charge in [-0.2, -0.15) is 0 Å². The van der Waals surface area contributed by atoms with Gasteiger partial charge in [-0.25, -0.2) is 0 Å². The van der Waals surface area contributed by atoms with Crippen molar-refractivity contribution < 1.29 is 0 Å². The zero-order valence-electron chi connectivity index (χ0n) is 9.60. The highest BCUT2D eigenvalue weighted by Gasteiger charge is 2.07. The minimum atomic E-state index is 1.14. The molecule has 16 heavy (non-hydrogen) atoms. The largest absolute Gasteiger partial charge is 0.353 e. The molecule has 1 aromatic carbocycles. The van der Waals surface area contributed by atoms with Gasteiger partial charge in [-0.15, -0.1) is 23.5 Å². The van der Waals surface area contributed by atoms with E-state index >= 15 is 0 Å². The monoisotopic (exact) mass is 253 g/mol. The smallest absolute Gasteiger partial charge is 0.0648 e. The van der Waals surface area contributed by atoms with E-state index < -0.39 is 0 Å². The molecule has 0 radical (unpaired) electrons. The molecule has 0 atom stereocenters. The molecule has 1 aliphatic heterocycles. The van der Waals surface area contributed by atoms with Gasteiger partial charge in [-0.1, -0.05) is 24.6 Å². The highest BCUT2D eigenvalue weighted by Crippen LogP contribution is 2.22. The van der Waals surface area contributed by atoms with Gasteiger partial charge in [0.1, 0.15) is 0 Å². The zero-order valence-corrected chi connectivity index (χ0v) is 11.2. The summed E-state index contributed by atoms with van der Waals surface area (Å²) >= 11 is 4.13. The van der Waals surface area contributed by atoms with Gasteiger partial charge in [-0.3, -0.25) is 0 Å². The van der Waals surface area contributed by atoms with Crippen LogP contribution in [0.15, 0.2) is 30.3 Å². The molecule has 0 spiro atoms. The Labute approximate surface area is 107 Å². The Morgan fingerprint density at radius 3 is 2.06 bits per heavy atom. The Morgan fingerprint density at radius 2 is 1.44 bits per heavy atom. The first-order valence-electron chi connectivity index (χ1n) is 5.92. The second-order valence-corrected chi connectivity index (χ2v) is 6.16. The molecule has 0 N–H and O–H groups in total. The summed E-state index contributed by atoms with van der Waals surface area (Å²) in [6.07, 6.45) is 4.17. The number of anilines is 1. The van der Waals surface area contributed by atoms with E-state index in [2.05, 4.69) is 58.8 Å². The average molecular weight is 253 g/mol. The SMILES string of the molecule is c1ccc(N2CSCCCCCSC2)cc1. The van der Waals surface area contributed by atoms with E-state index in [1.54, 1.807) is 0 Å². The molecule has 3 heteroatoms. The standard InChI is InChI=1S/C13H19NS2/c1-3-7-13(8-4-1)14-11-15-9-5-2-6-10-16-12-14/h1,3-4,7-8H,2,5-6,9-12H2. The fourth-order valence-electron chi connectivity index (χ4n) is 1.76. The van der Waals surface area contributed by atoms with Crippen molar-refractivity contribution in [1.82, 2.24) is 0 Å². The van der Waals surface area contributed by atoms with Gasteiger partial charge in [0.2, 0.25) is 0 Å². The van der Waals surface area contributed by atoms with E-state index in [9.17, 15) is 0 Å². The minimum Gasteiger partial charge on any atom is -0.353 e. The van der Waals surface area contributed by atoms with E-state index in [0.29, 0.717) is 0 Å². The maximum absolute atomic E-state index is 2.49. The molecule has 88 valence electrons. The lowest BCUT2D eigenvalue weighted by molar-refractivity contribution is 0.783. The normalized spacial score (nSPS) is 19.4. The first kappa shape index (κ1) is 12.2. The Balaban J connectivity index is 1.94. The number of para-hydroxylation sites is 1. The molecule has 1 nitrogen and oxygen atoms in total. The first-order valence-corrected chi connectivity index (χ1v) is 8.23. The lowest BCUT2D eigenvalue weighted by atomic mass is 10.3. The predicted octanol–water partition coefficient (Wildman–Crippen LogP) is 4.06. The summed E-state index contributed by atoms with van der Waals surface area (Å²) in [7, 11) is 0. The van der Waals surface area contributed by atoms with Crippen LogP contribution in [0.3, 0.4) is 0 Å². The Morgan fingerprint density at radius 1 is 0.812 bits per heavy atom. The van der Waals surface area contributed by atoms with Crippen molar-refractivity contribution >= 4 is 29.2 Å². The molecule has 1 aliphatic rings. The summed E-state index contributed by atoms with van der Waals surface area (Å²) in [5, 5.41) is 0. The number of benzene rings is 1. The number of hydrogen-bond acceptors (Lipinski definition) is 3. The van der Waals surface area contributed by atoms with Crippen LogP contribution >= 0.6 is 23.5 Å². The second-order valence-electron chi connectivity index (χ2n) is 4.01. The Hall–Kier alpha value is -0.280. The average Bonchev–Trinajstić information content (AvgIpc) is 2.37. The van der Waals surface area contributed by atoms with Crippen molar-refractivity contribution in [3.05, 3.63) is 30.3 Å². The molecule has 0 unspecified atom stereocenters. The topological polar surface area (TPSA) is 3.24 Å². The molecular formula is C13H19NS2. The van der Waals surface area contributed by atoms with Gasteiger partial charge in [0.05, 0.1) is 11.8 Å². The molecule has 1 heterocycles. The van der Waals surface area contributed by atoms with E-state index in [0.717, 1.165) is 11.8 Å². The summed E-state index contributed by atoms with van der Waals surface area (Å²) in [4.78, 5) is 2.49. The summed E-state index contributed by atoms with van der Waals surface area (Å²) in [5.41, 5.74) is 1.36. The van der Waals surface area contributed by atoms with E-state index in [4.69, 9.17) is 0 Å². The lowest BCUT2D eigenvalue weighted by Gasteiger charge is -2.25. The Bertz CT molecular complexity index is 279. The van der Waals surface area contributed by atoms with Crippen molar-refractivity contribution in [3.8, 4) is 0 Å². The summed E-state index contributed by atoms with van der Waals surface area (Å²) < 4.78 is 0. The van der Waals surface area contributed by atoms with E-state index in [1.165, 1.54) is 36.5 Å². The second kappa shape index (κ2) is 7.13. The molecule has 1 saturated heterocycles. The van der Waals surface area contributed by atoms with Gasteiger partial charge in [0.25, 0.3) is 0 Å². The van der Waals surface area contributed by atoms with Crippen LogP contribution in [-0.4, -0.2) is 23.3 Å². The van der Waals surface area contributed by atoms with Crippen molar-refractivity contribution in [2.45, 2.75) is 19.3 Å². The molecule has 0 aliphatic carbocycles. The van der Waals surface area contributed by atoms with Crippen LogP contribution in [-0.2, 0) is 0 Å². The highest BCUT2D eigenvalue weighted by atomic mass is 32.2. The Kier molecular flexibility index (Phi) is 5.43. The van der Waals surface area contributed by atoms with Gasteiger partial charge < -0.3 is 4.90 Å². The first-order chi connectivity index (χ1) is 7.97. The van der Waals surface area contributed by atoms with Crippen LogP contribution in [0.25, 0.3) is 0 Å². The maximum Gasteiger partial charge on any atom is 0.0648 e. The third-order valence-electron chi connectivity index (χ3n) is 2.69. The van der Waals surface area contributed by atoms with Crippen molar-refractivity contribution in [3.63, 3.8) is 0 Å². The highest BCUT2D eigenvalue weighted by molar-refractivity contribution is 8.00. The number of thioether (sulfide) groups is 2. The van der Waals surface area contributed by atoms with E-state index in [1.807, 2.05) is 0 Å². The minimum absolute atomic E-state index is 1.14. The van der Waals surface area contributed by atoms with Gasteiger partial charge in [0.15, 0.2) is 0 Å². The van der Waals surface area contributed by atoms with Crippen LogP contribution in [0.4, 0.5) is 5.69 Å². The lowest BCUT2D eigenvalue weighted by Crippen LogP contribution is -2.22. The summed E-state index contributed by atoms with van der Waals surface area (Å²) in [6, 6.07) is 10.8. The third-order valence-corrected chi connectivity index (χ3v) is 4.84. The zero-order chi connectivity index (χ0) is 11.1. The third kappa shape index (κ3) is 3.95. The molecule has 0 bridgehead atoms. The van der Waals surface area contributed by atoms with Crippen molar-refractivity contribution in [2.75, 3.05) is 28.2 Å². The van der Waals surface area contributed by atoms with Crippen molar-refractivity contribution in [2.24, 2.45) is 0 Å². The fourth-order valence-corrected chi connectivity index (χ4v) is 3.87. The van der Waals surface area contributed by atoms with Crippen LogP contribution in [0.1, 0.15) is 19.3 Å². The number of nitrogens with zero attached hydrogens (tertiary/aromatic N) is 1. The van der Waals surface area contributed by atoms with E-state index in [-0.39, 0.29) is 0 Å². The molecular weight excluding hydrogens is 234 g/mol. The van der Waals surface area contributed by atoms with Crippen molar-refractivity contribution in [1.29, 1.82) is 0 Å². The maximum atomic E-state index is 2.49. The van der Waals surface area contributed by atoms with Gasteiger partial charge in [-0.05, 0) is 36.5 Å². The molecule has 1 fully saturated rings. The number of rotatable bonds is 1.